The first-order chi connectivity index (χ1) is 11.3. The third kappa shape index (κ3) is 6.52. The highest BCUT2D eigenvalue weighted by atomic mass is 16.5. The minimum atomic E-state index is -0.0689. The summed E-state index contributed by atoms with van der Waals surface area (Å²) in [7, 11) is 1.68. The molecule has 2 heterocycles. The zero-order valence-electron chi connectivity index (χ0n) is 13.7. The number of carbonyl (C=O) groups excluding carboxylic acids is 1. The van der Waals surface area contributed by atoms with Gasteiger partial charge in [-0.05, 0) is 18.6 Å². The zero-order valence-corrected chi connectivity index (χ0v) is 13.7. The Hall–Kier alpha value is -1.70. The first-order valence-corrected chi connectivity index (χ1v) is 8.07. The summed E-state index contributed by atoms with van der Waals surface area (Å²) in [5.74, 6) is 0.641. The van der Waals surface area contributed by atoms with E-state index in [-0.39, 0.29) is 5.91 Å². The Morgan fingerprint density at radius 2 is 2.22 bits per heavy atom. The average Bonchev–Trinajstić information content (AvgIpc) is 2.60. The lowest BCUT2D eigenvalue weighted by Gasteiger charge is -2.26. The Balaban J connectivity index is 1.72. The van der Waals surface area contributed by atoms with Crippen molar-refractivity contribution in [1.29, 1.82) is 0 Å². The Morgan fingerprint density at radius 1 is 1.39 bits per heavy atom. The van der Waals surface area contributed by atoms with Crippen LogP contribution in [0.4, 0.5) is 5.82 Å². The van der Waals surface area contributed by atoms with Crippen molar-refractivity contribution in [3.05, 3.63) is 23.9 Å². The van der Waals surface area contributed by atoms with Crippen molar-refractivity contribution in [3.63, 3.8) is 0 Å². The highest BCUT2D eigenvalue weighted by Crippen LogP contribution is 2.07. The number of hydrogen-bond donors (Lipinski definition) is 2. The van der Waals surface area contributed by atoms with Gasteiger partial charge in [-0.3, -0.25) is 9.69 Å². The number of ether oxygens (including phenoxy) is 2. The van der Waals surface area contributed by atoms with Crippen molar-refractivity contribution in [1.82, 2.24) is 15.2 Å². The first kappa shape index (κ1) is 17.7. The number of anilines is 1. The molecule has 1 aliphatic rings. The van der Waals surface area contributed by atoms with E-state index in [2.05, 4.69) is 20.5 Å². The molecule has 7 heteroatoms. The third-order valence-electron chi connectivity index (χ3n) is 3.67. The summed E-state index contributed by atoms with van der Waals surface area (Å²) in [5.41, 5.74) is 0.621. The van der Waals surface area contributed by atoms with E-state index in [9.17, 15) is 4.79 Å². The van der Waals surface area contributed by atoms with Crippen LogP contribution in [-0.4, -0.2) is 75.4 Å². The van der Waals surface area contributed by atoms with Crippen LogP contribution in [0.2, 0.25) is 0 Å². The smallest absolute Gasteiger partial charge is 0.251 e. The summed E-state index contributed by atoms with van der Waals surface area (Å²) in [5, 5.41) is 6.14. The number of amides is 1. The van der Waals surface area contributed by atoms with Crippen LogP contribution in [0.15, 0.2) is 18.3 Å². The molecular formula is C16H26N4O3. The minimum absolute atomic E-state index is 0.0689. The van der Waals surface area contributed by atoms with Crippen LogP contribution in [-0.2, 0) is 9.47 Å². The molecule has 2 N–H and O–H groups in total. The van der Waals surface area contributed by atoms with Gasteiger partial charge in [0.1, 0.15) is 5.82 Å². The normalized spacial score (nSPS) is 15.3. The van der Waals surface area contributed by atoms with E-state index in [1.807, 2.05) is 0 Å². The van der Waals surface area contributed by atoms with Gasteiger partial charge in [-0.25, -0.2) is 4.98 Å². The first-order valence-electron chi connectivity index (χ1n) is 8.07. The van der Waals surface area contributed by atoms with Gasteiger partial charge in [0.15, 0.2) is 0 Å². The standard InChI is InChI=1S/C16H26N4O3/c1-22-10-2-4-17-15-13-14(3-5-18-15)16(21)19-6-7-20-8-11-23-12-9-20/h3,5,13H,2,4,6-12H2,1H3,(H,17,18)(H,19,21). The second-order valence-electron chi connectivity index (χ2n) is 5.41. The predicted octanol–water partition coefficient (Wildman–Crippen LogP) is 0.592. The largest absolute Gasteiger partial charge is 0.385 e. The summed E-state index contributed by atoms with van der Waals surface area (Å²) in [6.45, 7) is 6.37. The van der Waals surface area contributed by atoms with Gasteiger partial charge in [-0.1, -0.05) is 0 Å². The maximum Gasteiger partial charge on any atom is 0.251 e. The third-order valence-corrected chi connectivity index (χ3v) is 3.67. The monoisotopic (exact) mass is 322 g/mol. The summed E-state index contributed by atoms with van der Waals surface area (Å²) in [6, 6.07) is 3.50. The van der Waals surface area contributed by atoms with Crippen LogP contribution in [0.1, 0.15) is 16.8 Å². The summed E-state index contributed by atoms with van der Waals surface area (Å²) < 4.78 is 10.3. The van der Waals surface area contributed by atoms with E-state index in [1.165, 1.54) is 0 Å². The van der Waals surface area contributed by atoms with E-state index < -0.39 is 0 Å². The molecule has 0 saturated carbocycles. The number of morpholine rings is 1. The summed E-state index contributed by atoms with van der Waals surface area (Å²) >= 11 is 0. The molecule has 23 heavy (non-hydrogen) atoms. The number of nitrogens with one attached hydrogen (secondary N) is 2. The van der Waals surface area contributed by atoms with Gasteiger partial charge < -0.3 is 20.1 Å². The topological polar surface area (TPSA) is 75.7 Å². The van der Waals surface area contributed by atoms with E-state index >= 15 is 0 Å². The van der Waals surface area contributed by atoms with Crippen LogP contribution in [0.25, 0.3) is 0 Å². The molecule has 1 aromatic rings. The maximum atomic E-state index is 12.2. The van der Waals surface area contributed by atoms with Gasteiger partial charge in [-0.2, -0.15) is 0 Å². The van der Waals surface area contributed by atoms with Gasteiger partial charge in [0.2, 0.25) is 0 Å². The molecular weight excluding hydrogens is 296 g/mol. The van der Waals surface area contributed by atoms with E-state index in [4.69, 9.17) is 9.47 Å². The fourth-order valence-electron chi connectivity index (χ4n) is 2.36. The number of nitrogens with zero attached hydrogens (tertiary/aromatic N) is 2. The van der Waals surface area contributed by atoms with Crippen molar-refractivity contribution in [2.24, 2.45) is 0 Å². The lowest BCUT2D eigenvalue weighted by atomic mass is 10.2. The number of carbonyl (C=O) groups is 1. The van der Waals surface area contributed by atoms with Crippen LogP contribution >= 0.6 is 0 Å². The quantitative estimate of drug-likeness (QED) is 0.648. The molecule has 7 nitrogen and oxygen atoms in total. The van der Waals surface area contributed by atoms with E-state index in [1.54, 1.807) is 25.4 Å². The molecule has 0 atom stereocenters. The highest BCUT2D eigenvalue weighted by molar-refractivity contribution is 5.94. The minimum Gasteiger partial charge on any atom is -0.385 e. The predicted molar refractivity (Wildman–Crippen MR) is 88.8 cm³/mol. The highest BCUT2D eigenvalue weighted by Gasteiger charge is 2.11. The fourth-order valence-corrected chi connectivity index (χ4v) is 2.36. The molecule has 0 unspecified atom stereocenters. The number of methoxy groups -OCH3 is 1. The number of aromatic nitrogens is 1. The molecule has 0 radical (unpaired) electrons. The number of pyridine rings is 1. The zero-order chi connectivity index (χ0) is 16.3. The Kier molecular flexibility index (Phi) is 7.79. The van der Waals surface area contributed by atoms with Crippen LogP contribution < -0.4 is 10.6 Å². The average molecular weight is 322 g/mol. The van der Waals surface area contributed by atoms with Crippen molar-refractivity contribution in [3.8, 4) is 0 Å². The second kappa shape index (κ2) is 10.1. The SMILES string of the molecule is COCCCNc1cc(C(=O)NCCN2CCOCC2)ccn1. The molecule has 1 aliphatic heterocycles. The number of rotatable bonds is 9. The van der Waals surface area contributed by atoms with Gasteiger partial charge >= 0.3 is 0 Å². The van der Waals surface area contributed by atoms with Gasteiger partial charge in [0.25, 0.3) is 5.91 Å². The molecule has 128 valence electrons. The molecule has 1 saturated heterocycles. The van der Waals surface area contributed by atoms with Crippen molar-refractivity contribution < 1.29 is 14.3 Å². The van der Waals surface area contributed by atoms with E-state index in [0.29, 0.717) is 24.5 Å². The lowest BCUT2D eigenvalue weighted by molar-refractivity contribution is 0.0383. The van der Waals surface area contributed by atoms with Crippen molar-refractivity contribution in [2.45, 2.75) is 6.42 Å². The molecule has 1 aromatic heterocycles. The van der Waals surface area contributed by atoms with E-state index in [0.717, 1.165) is 45.8 Å². The van der Waals surface area contributed by atoms with Gasteiger partial charge in [0, 0.05) is 58.2 Å². The van der Waals surface area contributed by atoms with Crippen LogP contribution in [0, 0.1) is 0 Å². The maximum absolute atomic E-state index is 12.2. The second-order valence-corrected chi connectivity index (χ2v) is 5.41. The van der Waals surface area contributed by atoms with Gasteiger partial charge in [-0.15, -0.1) is 0 Å². The molecule has 1 fully saturated rings. The van der Waals surface area contributed by atoms with Crippen molar-refractivity contribution >= 4 is 11.7 Å². The summed E-state index contributed by atoms with van der Waals surface area (Å²) in [4.78, 5) is 18.7. The summed E-state index contributed by atoms with van der Waals surface area (Å²) in [6.07, 6.45) is 2.55. The fraction of sp³-hybridized carbons (Fsp3) is 0.625. The Morgan fingerprint density at radius 3 is 3.00 bits per heavy atom. The van der Waals surface area contributed by atoms with Crippen molar-refractivity contribution in [2.75, 3.05) is 65.0 Å². The molecule has 0 spiro atoms. The molecule has 0 aromatic carbocycles. The Bertz CT molecular complexity index is 478. The van der Waals surface area contributed by atoms with Crippen LogP contribution in [0.3, 0.4) is 0 Å². The molecule has 1 amide bonds. The lowest BCUT2D eigenvalue weighted by Crippen LogP contribution is -2.41. The Labute approximate surface area is 137 Å². The number of hydrogen-bond acceptors (Lipinski definition) is 6. The molecule has 0 bridgehead atoms. The van der Waals surface area contributed by atoms with Crippen LogP contribution in [0.5, 0.6) is 0 Å². The molecule has 2 rings (SSSR count). The van der Waals surface area contributed by atoms with Gasteiger partial charge in [0.05, 0.1) is 13.2 Å². The molecule has 0 aliphatic carbocycles.